The number of hydrogen-bond donors (Lipinski definition) is 1. The van der Waals surface area contributed by atoms with Gasteiger partial charge in [0.15, 0.2) is 0 Å². The van der Waals surface area contributed by atoms with E-state index in [0.29, 0.717) is 11.8 Å². The first-order valence-electron chi connectivity index (χ1n) is 5.96. The fourth-order valence-corrected chi connectivity index (χ4v) is 1.79. The molecule has 0 aromatic carbocycles. The molecule has 0 saturated carbocycles. The Morgan fingerprint density at radius 3 is 2.94 bits per heavy atom. The zero-order valence-corrected chi connectivity index (χ0v) is 11.2. The molecule has 96 valence electrons. The molecular formula is C11H19N3O2S. The van der Waals surface area contributed by atoms with Gasteiger partial charge in [-0.3, -0.25) is 9.89 Å². The smallest absolute Gasteiger partial charge is 0.316 e. The fraction of sp³-hybridized carbons (Fsp3) is 0.727. The molecule has 0 fully saturated rings. The largest absolute Gasteiger partial charge is 0.465 e. The number of aromatic nitrogens is 3. The lowest BCUT2D eigenvalue weighted by Crippen LogP contribution is -2.07. The van der Waals surface area contributed by atoms with Gasteiger partial charge in [0.2, 0.25) is 5.16 Å². The maximum atomic E-state index is 11.2. The van der Waals surface area contributed by atoms with E-state index in [1.54, 1.807) is 0 Å². The van der Waals surface area contributed by atoms with Crippen LogP contribution in [0.1, 0.15) is 38.9 Å². The van der Waals surface area contributed by atoms with Crippen LogP contribution in [0.2, 0.25) is 0 Å². The van der Waals surface area contributed by atoms with Crippen molar-refractivity contribution in [2.24, 2.45) is 0 Å². The van der Waals surface area contributed by atoms with Crippen molar-refractivity contribution in [3.05, 3.63) is 5.82 Å². The summed E-state index contributed by atoms with van der Waals surface area (Å²) in [7, 11) is 0. The molecule has 0 radical (unpaired) electrons. The van der Waals surface area contributed by atoms with Crippen LogP contribution < -0.4 is 0 Å². The molecule has 1 rings (SSSR count). The van der Waals surface area contributed by atoms with Crippen molar-refractivity contribution in [1.29, 1.82) is 0 Å². The number of hydrogen-bond acceptors (Lipinski definition) is 5. The number of unbranched alkanes of at least 4 members (excludes halogenated alkanes) is 1. The Morgan fingerprint density at radius 1 is 1.41 bits per heavy atom. The van der Waals surface area contributed by atoms with Gasteiger partial charge in [-0.05, 0) is 12.8 Å². The van der Waals surface area contributed by atoms with Crippen molar-refractivity contribution in [2.75, 3.05) is 12.4 Å². The van der Waals surface area contributed by atoms with Gasteiger partial charge in [-0.2, -0.15) is 0 Å². The van der Waals surface area contributed by atoms with E-state index in [1.165, 1.54) is 11.8 Å². The van der Waals surface area contributed by atoms with E-state index < -0.39 is 0 Å². The van der Waals surface area contributed by atoms with E-state index in [2.05, 4.69) is 22.1 Å². The highest BCUT2D eigenvalue weighted by atomic mass is 32.2. The number of nitrogens with one attached hydrogen (secondary N) is 1. The van der Waals surface area contributed by atoms with Gasteiger partial charge in [-0.15, -0.1) is 5.10 Å². The molecule has 0 amide bonds. The van der Waals surface area contributed by atoms with Gasteiger partial charge in [-0.25, -0.2) is 4.98 Å². The minimum Gasteiger partial charge on any atom is -0.465 e. The van der Waals surface area contributed by atoms with Crippen molar-refractivity contribution < 1.29 is 9.53 Å². The molecular weight excluding hydrogens is 238 g/mol. The molecule has 17 heavy (non-hydrogen) atoms. The van der Waals surface area contributed by atoms with Crippen LogP contribution in [0.5, 0.6) is 0 Å². The van der Waals surface area contributed by atoms with Gasteiger partial charge in [-0.1, -0.05) is 32.0 Å². The molecule has 1 heterocycles. The third kappa shape index (κ3) is 5.72. The number of aryl methyl sites for hydroxylation is 1. The van der Waals surface area contributed by atoms with Gasteiger partial charge < -0.3 is 4.74 Å². The molecule has 1 N–H and O–H groups in total. The van der Waals surface area contributed by atoms with Crippen LogP contribution in [0.15, 0.2) is 5.16 Å². The number of aromatic amines is 1. The Balaban J connectivity index is 2.26. The third-order valence-electron chi connectivity index (χ3n) is 2.06. The number of H-pyrrole nitrogens is 1. The first-order valence-corrected chi connectivity index (χ1v) is 6.94. The minimum absolute atomic E-state index is 0.211. The van der Waals surface area contributed by atoms with Crippen molar-refractivity contribution in [3.8, 4) is 0 Å². The van der Waals surface area contributed by atoms with Gasteiger partial charge in [0.1, 0.15) is 5.82 Å². The highest BCUT2D eigenvalue weighted by Crippen LogP contribution is 2.13. The summed E-state index contributed by atoms with van der Waals surface area (Å²) in [6.45, 7) is 4.58. The van der Waals surface area contributed by atoms with Crippen LogP contribution in [0.3, 0.4) is 0 Å². The summed E-state index contributed by atoms with van der Waals surface area (Å²) in [6, 6.07) is 0. The third-order valence-corrected chi connectivity index (χ3v) is 2.89. The van der Waals surface area contributed by atoms with Crippen LogP contribution in [0, 0.1) is 0 Å². The second kappa shape index (κ2) is 8.11. The Kier molecular flexibility index (Phi) is 6.69. The average Bonchev–Trinajstić information content (AvgIpc) is 2.79. The van der Waals surface area contributed by atoms with E-state index in [0.717, 1.165) is 31.5 Å². The molecule has 1 aromatic rings. The maximum absolute atomic E-state index is 11.2. The maximum Gasteiger partial charge on any atom is 0.316 e. The van der Waals surface area contributed by atoms with Crippen molar-refractivity contribution in [1.82, 2.24) is 15.2 Å². The molecule has 6 heteroatoms. The second-order valence-corrected chi connectivity index (χ2v) is 4.62. The summed E-state index contributed by atoms with van der Waals surface area (Å²) in [4.78, 5) is 15.5. The summed E-state index contributed by atoms with van der Waals surface area (Å²) >= 11 is 1.31. The van der Waals surface area contributed by atoms with Gasteiger partial charge in [0.05, 0.1) is 12.4 Å². The summed E-state index contributed by atoms with van der Waals surface area (Å²) < 4.78 is 4.96. The minimum atomic E-state index is -0.211. The monoisotopic (exact) mass is 257 g/mol. The number of ether oxygens (including phenoxy) is 1. The molecule has 0 aliphatic rings. The van der Waals surface area contributed by atoms with Gasteiger partial charge >= 0.3 is 5.97 Å². The average molecular weight is 257 g/mol. The van der Waals surface area contributed by atoms with Gasteiger partial charge in [0.25, 0.3) is 0 Å². The standard InChI is InChI=1S/C11H19N3O2S/c1-3-5-6-9-12-11(14-13-9)17-8-10(15)16-7-4-2/h3-8H2,1-2H3,(H,12,13,14). The molecule has 0 aliphatic heterocycles. The predicted molar refractivity (Wildman–Crippen MR) is 67.0 cm³/mol. The lowest BCUT2D eigenvalue weighted by atomic mass is 10.2. The lowest BCUT2D eigenvalue weighted by Gasteiger charge is -2.00. The quantitative estimate of drug-likeness (QED) is 0.571. The van der Waals surface area contributed by atoms with E-state index in [-0.39, 0.29) is 11.7 Å². The lowest BCUT2D eigenvalue weighted by molar-refractivity contribution is -0.140. The second-order valence-electron chi connectivity index (χ2n) is 3.68. The summed E-state index contributed by atoms with van der Waals surface area (Å²) in [5, 5.41) is 7.53. The van der Waals surface area contributed by atoms with Crippen molar-refractivity contribution in [3.63, 3.8) is 0 Å². The zero-order chi connectivity index (χ0) is 12.5. The normalized spacial score (nSPS) is 10.5. The highest BCUT2D eigenvalue weighted by molar-refractivity contribution is 7.99. The molecule has 5 nitrogen and oxygen atoms in total. The first-order chi connectivity index (χ1) is 8.26. The first kappa shape index (κ1) is 14.0. The summed E-state index contributed by atoms with van der Waals surface area (Å²) in [5.74, 6) is 0.943. The van der Waals surface area contributed by atoms with E-state index in [9.17, 15) is 4.79 Å². The Morgan fingerprint density at radius 2 is 2.24 bits per heavy atom. The SMILES string of the molecule is CCCCc1nc(SCC(=O)OCCC)n[nH]1. The van der Waals surface area contributed by atoms with Crippen LogP contribution >= 0.6 is 11.8 Å². The Hall–Kier alpha value is -1.04. The topological polar surface area (TPSA) is 67.9 Å². The molecule has 0 spiro atoms. The number of carbonyl (C=O) groups is 1. The highest BCUT2D eigenvalue weighted by Gasteiger charge is 2.07. The number of rotatable bonds is 8. The number of esters is 1. The number of thioether (sulfide) groups is 1. The Bertz CT molecular complexity index is 341. The summed E-state index contributed by atoms with van der Waals surface area (Å²) in [6.07, 6.45) is 3.98. The van der Waals surface area contributed by atoms with Gasteiger partial charge in [0, 0.05) is 6.42 Å². The molecule has 1 aromatic heterocycles. The van der Waals surface area contributed by atoms with Crippen LogP contribution in [0.4, 0.5) is 0 Å². The van der Waals surface area contributed by atoms with Crippen molar-refractivity contribution >= 4 is 17.7 Å². The van der Waals surface area contributed by atoms with Crippen LogP contribution in [-0.2, 0) is 16.0 Å². The number of nitrogens with zero attached hydrogens (tertiary/aromatic N) is 2. The Labute approximate surface area is 106 Å². The molecule has 0 bridgehead atoms. The van der Waals surface area contributed by atoms with Crippen LogP contribution in [0.25, 0.3) is 0 Å². The molecule has 0 saturated heterocycles. The zero-order valence-electron chi connectivity index (χ0n) is 10.4. The van der Waals surface area contributed by atoms with Crippen LogP contribution in [-0.4, -0.2) is 33.5 Å². The van der Waals surface area contributed by atoms with E-state index in [1.807, 2.05) is 6.92 Å². The van der Waals surface area contributed by atoms with E-state index >= 15 is 0 Å². The number of carbonyl (C=O) groups excluding carboxylic acids is 1. The molecule has 0 unspecified atom stereocenters. The molecule has 0 aliphatic carbocycles. The van der Waals surface area contributed by atoms with E-state index in [4.69, 9.17) is 4.74 Å². The summed E-state index contributed by atoms with van der Waals surface area (Å²) in [5.41, 5.74) is 0. The fourth-order valence-electron chi connectivity index (χ4n) is 1.18. The van der Waals surface area contributed by atoms with Crippen molar-refractivity contribution in [2.45, 2.75) is 44.7 Å². The predicted octanol–water partition coefficient (Wildman–Crippen LogP) is 2.19. The molecule has 0 atom stereocenters.